The smallest absolute Gasteiger partial charge is 0.257 e. The molecule has 0 radical (unpaired) electrons. The van der Waals surface area contributed by atoms with Crippen molar-refractivity contribution in [1.82, 2.24) is 15.2 Å². The zero-order valence-corrected chi connectivity index (χ0v) is 9.60. The lowest BCUT2D eigenvalue weighted by atomic mass is 10.2. The van der Waals surface area contributed by atoms with Crippen molar-refractivity contribution in [3.05, 3.63) is 58.6 Å². The average molecular weight is 240 g/mol. The summed E-state index contributed by atoms with van der Waals surface area (Å²) >= 11 is 0. The third-order valence-electron chi connectivity index (χ3n) is 2.78. The Morgan fingerprint density at radius 3 is 2.94 bits per heavy atom. The van der Waals surface area contributed by atoms with Crippen LogP contribution in [0.15, 0.2) is 47.4 Å². The van der Waals surface area contributed by atoms with Crippen molar-refractivity contribution in [3.8, 4) is 0 Å². The first-order valence-electron chi connectivity index (χ1n) is 5.67. The molecule has 2 heterocycles. The summed E-state index contributed by atoms with van der Waals surface area (Å²) in [5.74, 6) is 0.702. The van der Waals surface area contributed by atoms with Crippen molar-refractivity contribution in [2.45, 2.75) is 6.54 Å². The summed E-state index contributed by atoms with van der Waals surface area (Å²) in [4.78, 5) is 14.7. The SMILES string of the molecule is O=c1[nH]c(NCc2ccn[nH]2)cc2ccccc12. The molecule has 18 heavy (non-hydrogen) atoms. The molecule has 3 rings (SSSR count). The molecule has 0 aliphatic rings. The van der Waals surface area contributed by atoms with Crippen molar-refractivity contribution in [3.63, 3.8) is 0 Å². The van der Waals surface area contributed by atoms with Crippen LogP contribution in [0.4, 0.5) is 5.82 Å². The number of aromatic amines is 2. The van der Waals surface area contributed by atoms with Gasteiger partial charge in [0.1, 0.15) is 5.82 Å². The normalized spacial score (nSPS) is 10.7. The van der Waals surface area contributed by atoms with Gasteiger partial charge in [-0.15, -0.1) is 0 Å². The Hall–Kier alpha value is -2.56. The minimum absolute atomic E-state index is 0.0831. The number of rotatable bonds is 3. The molecular formula is C13H12N4O. The number of hydrogen-bond acceptors (Lipinski definition) is 3. The molecule has 0 spiro atoms. The molecule has 3 aromatic rings. The molecule has 0 saturated heterocycles. The Balaban J connectivity index is 1.91. The van der Waals surface area contributed by atoms with Crippen molar-refractivity contribution in [2.75, 3.05) is 5.32 Å². The van der Waals surface area contributed by atoms with Crippen LogP contribution in [-0.2, 0) is 6.54 Å². The van der Waals surface area contributed by atoms with E-state index in [1.807, 2.05) is 36.4 Å². The van der Waals surface area contributed by atoms with Gasteiger partial charge in [0.2, 0.25) is 0 Å². The Kier molecular flexibility index (Phi) is 2.57. The van der Waals surface area contributed by atoms with Crippen LogP contribution in [0.3, 0.4) is 0 Å². The molecule has 0 amide bonds. The van der Waals surface area contributed by atoms with Gasteiger partial charge in [-0.05, 0) is 23.6 Å². The minimum Gasteiger partial charge on any atom is -0.366 e. The number of nitrogens with one attached hydrogen (secondary N) is 3. The highest BCUT2D eigenvalue weighted by Crippen LogP contribution is 2.13. The van der Waals surface area contributed by atoms with Crippen LogP contribution < -0.4 is 10.9 Å². The van der Waals surface area contributed by atoms with Gasteiger partial charge in [-0.25, -0.2) is 0 Å². The predicted octanol–water partition coefficient (Wildman–Crippen LogP) is 1.86. The van der Waals surface area contributed by atoms with E-state index in [2.05, 4.69) is 20.5 Å². The van der Waals surface area contributed by atoms with Crippen molar-refractivity contribution >= 4 is 16.6 Å². The Bertz CT molecular complexity index is 715. The van der Waals surface area contributed by atoms with E-state index in [1.54, 1.807) is 6.20 Å². The largest absolute Gasteiger partial charge is 0.366 e. The quantitative estimate of drug-likeness (QED) is 0.654. The van der Waals surface area contributed by atoms with E-state index in [4.69, 9.17) is 0 Å². The topological polar surface area (TPSA) is 73.6 Å². The van der Waals surface area contributed by atoms with Crippen molar-refractivity contribution in [2.24, 2.45) is 0 Å². The van der Waals surface area contributed by atoms with Crippen LogP contribution in [-0.4, -0.2) is 15.2 Å². The molecule has 5 nitrogen and oxygen atoms in total. The molecule has 0 aliphatic heterocycles. The lowest BCUT2D eigenvalue weighted by Crippen LogP contribution is -2.10. The number of anilines is 1. The van der Waals surface area contributed by atoms with E-state index >= 15 is 0 Å². The number of hydrogen-bond donors (Lipinski definition) is 3. The Morgan fingerprint density at radius 1 is 1.22 bits per heavy atom. The molecule has 0 atom stereocenters. The van der Waals surface area contributed by atoms with Gasteiger partial charge < -0.3 is 10.3 Å². The molecule has 5 heteroatoms. The summed E-state index contributed by atoms with van der Waals surface area (Å²) in [6.07, 6.45) is 1.69. The Morgan fingerprint density at radius 2 is 2.11 bits per heavy atom. The highest BCUT2D eigenvalue weighted by atomic mass is 16.1. The maximum Gasteiger partial charge on any atom is 0.257 e. The zero-order valence-electron chi connectivity index (χ0n) is 9.60. The minimum atomic E-state index is -0.0831. The van der Waals surface area contributed by atoms with Gasteiger partial charge in [0.25, 0.3) is 5.56 Å². The molecule has 3 N–H and O–H groups in total. The summed E-state index contributed by atoms with van der Waals surface area (Å²) in [5.41, 5.74) is 0.879. The van der Waals surface area contributed by atoms with Gasteiger partial charge in [-0.2, -0.15) is 5.10 Å². The van der Waals surface area contributed by atoms with Crippen LogP contribution in [0, 0.1) is 0 Å². The van der Waals surface area contributed by atoms with E-state index in [0.29, 0.717) is 17.7 Å². The highest BCUT2D eigenvalue weighted by Gasteiger charge is 2.01. The molecule has 0 fully saturated rings. The van der Waals surface area contributed by atoms with Gasteiger partial charge in [-0.1, -0.05) is 18.2 Å². The fraction of sp³-hybridized carbons (Fsp3) is 0.0769. The summed E-state index contributed by atoms with van der Waals surface area (Å²) < 4.78 is 0. The van der Waals surface area contributed by atoms with Gasteiger partial charge in [0.05, 0.1) is 12.2 Å². The first-order valence-corrected chi connectivity index (χ1v) is 5.67. The second-order valence-electron chi connectivity index (χ2n) is 4.03. The third-order valence-corrected chi connectivity index (χ3v) is 2.78. The molecule has 2 aromatic heterocycles. The molecule has 1 aromatic carbocycles. The number of H-pyrrole nitrogens is 2. The zero-order chi connectivity index (χ0) is 12.4. The van der Waals surface area contributed by atoms with Crippen molar-refractivity contribution in [1.29, 1.82) is 0 Å². The number of pyridine rings is 1. The van der Waals surface area contributed by atoms with Crippen LogP contribution in [0.25, 0.3) is 10.8 Å². The predicted molar refractivity (Wildman–Crippen MR) is 70.5 cm³/mol. The number of fused-ring (bicyclic) bond motifs is 1. The molecule has 0 unspecified atom stereocenters. The van der Waals surface area contributed by atoms with Gasteiger partial charge >= 0.3 is 0 Å². The van der Waals surface area contributed by atoms with Gasteiger partial charge in [0, 0.05) is 11.6 Å². The second-order valence-corrected chi connectivity index (χ2v) is 4.03. The molecule has 0 saturated carbocycles. The van der Waals surface area contributed by atoms with E-state index in [9.17, 15) is 4.79 Å². The number of aromatic nitrogens is 3. The van der Waals surface area contributed by atoms with Crippen LogP contribution in [0.5, 0.6) is 0 Å². The summed E-state index contributed by atoms with van der Waals surface area (Å²) in [6.45, 7) is 0.592. The summed E-state index contributed by atoms with van der Waals surface area (Å²) in [7, 11) is 0. The molecule has 0 bridgehead atoms. The van der Waals surface area contributed by atoms with E-state index in [-0.39, 0.29) is 5.56 Å². The van der Waals surface area contributed by atoms with Crippen LogP contribution >= 0.6 is 0 Å². The average Bonchev–Trinajstić information content (AvgIpc) is 2.90. The lowest BCUT2D eigenvalue weighted by Gasteiger charge is -2.05. The fourth-order valence-corrected chi connectivity index (χ4v) is 1.88. The van der Waals surface area contributed by atoms with Crippen LogP contribution in [0.1, 0.15) is 5.69 Å². The number of benzene rings is 1. The highest BCUT2D eigenvalue weighted by molar-refractivity contribution is 5.83. The standard InChI is InChI=1S/C13H12N4O/c18-13-11-4-2-1-3-9(11)7-12(16-13)14-8-10-5-6-15-17-10/h1-7H,8H2,(H,15,17)(H2,14,16,18). The number of nitrogens with zero attached hydrogens (tertiary/aromatic N) is 1. The van der Waals surface area contributed by atoms with E-state index in [0.717, 1.165) is 11.1 Å². The van der Waals surface area contributed by atoms with E-state index in [1.165, 1.54) is 0 Å². The fourth-order valence-electron chi connectivity index (χ4n) is 1.88. The van der Waals surface area contributed by atoms with Gasteiger partial charge in [-0.3, -0.25) is 9.89 Å². The van der Waals surface area contributed by atoms with Crippen LogP contribution in [0.2, 0.25) is 0 Å². The second kappa shape index (κ2) is 4.37. The van der Waals surface area contributed by atoms with E-state index < -0.39 is 0 Å². The summed E-state index contributed by atoms with van der Waals surface area (Å²) in [5, 5.41) is 11.5. The Labute approximate surface area is 103 Å². The van der Waals surface area contributed by atoms with Gasteiger partial charge in [0.15, 0.2) is 0 Å². The molecular weight excluding hydrogens is 228 g/mol. The molecule has 0 aliphatic carbocycles. The monoisotopic (exact) mass is 240 g/mol. The first-order chi connectivity index (χ1) is 8.83. The lowest BCUT2D eigenvalue weighted by molar-refractivity contribution is 0.974. The maximum absolute atomic E-state index is 11.8. The maximum atomic E-state index is 11.8. The van der Waals surface area contributed by atoms with Crippen molar-refractivity contribution < 1.29 is 0 Å². The first kappa shape index (κ1) is 10.6. The summed E-state index contributed by atoms with van der Waals surface area (Å²) in [6, 6.07) is 11.3. The third kappa shape index (κ3) is 1.98. The molecule has 90 valence electrons.